The van der Waals surface area contributed by atoms with Crippen LogP contribution in [0.1, 0.15) is 54.2 Å². The fraction of sp³-hybridized carbons (Fsp3) is 0.214. The van der Waals surface area contributed by atoms with Gasteiger partial charge in [0.25, 0.3) is 5.91 Å². The lowest BCUT2D eigenvalue weighted by atomic mass is 10.1. The molecule has 0 aliphatic carbocycles. The van der Waals surface area contributed by atoms with Gasteiger partial charge in [-0.3, -0.25) is 4.79 Å². The second-order valence-electron chi connectivity index (χ2n) is 8.36. The van der Waals surface area contributed by atoms with Gasteiger partial charge < -0.3 is 13.9 Å². The number of furan rings is 1. The van der Waals surface area contributed by atoms with Crippen molar-refractivity contribution in [1.29, 1.82) is 0 Å². The van der Waals surface area contributed by atoms with Crippen molar-refractivity contribution in [1.82, 2.24) is 0 Å². The van der Waals surface area contributed by atoms with Gasteiger partial charge in [-0.05, 0) is 82.3 Å². The van der Waals surface area contributed by atoms with Gasteiger partial charge >= 0.3 is 11.9 Å². The van der Waals surface area contributed by atoms with Crippen LogP contribution in [-0.2, 0) is 14.3 Å². The van der Waals surface area contributed by atoms with Gasteiger partial charge in [0.1, 0.15) is 11.5 Å². The first-order valence-corrected chi connectivity index (χ1v) is 11.6. The number of esters is 2. The van der Waals surface area contributed by atoms with Gasteiger partial charge in [0.15, 0.2) is 0 Å². The number of hydrogen-bond acceptors (Lipinski definition) is 7. The number of hydrazone groups is 1. The molecule has 0 unspecified atom stereocenters. The molecule has 8 nitrogen and oxygen atoms in total. The van der Waals surface area contributed by atoms with Crippen molar-refractivity contribution >= 4 is 35.3 Å². The van der Waals surface area contributed by atoms with Crippen LogP contribution in [0.25, 0.3) is 17.4 Å². The van der Waals surface area contributed by atoms with Crippen LogP contribution in [0.5, 0.6) is 0 Å². The molecule has 2 heterocycles. The fourth-order valence-electron chi connectivity index (χ4n) is 3.62. The van der Waals surface area contributed by atoms with E-state index in [0.29, 0.717) is 51.8 Å². The largest absolute Gasteiger partial charge is 0.462 e. The molecule has 0 atom stereocenters. The highest BCUT2D eigenvalue weighted by Crippen LogP contribution is 2.28. The van der Waals surface area contributed by atoms with Crippen molar-refractivity contribution < 1.29 is 28.3 Å². The first kappa shape index (κ1) is 24.7. The Kier molecular flexibility index (Phi) is 7.15. The van der Waals surface area contributed by atoms with E-state index in [4.69, 9.17) is 13.9 Å². The van der Waals surface area contributed by atoms with E-state index in [1.807, 2.05) is 6.07 Å². The van der Waals surface area contributed by atoms with Gasteiger partial charge in [-0.25, -0.2) is 9.59 Å². The normalized spacial score (nSPS) is 14.4. The number of carbonyl (C=O) groups is 3. The Hall–Kier alpha value is -4.46. The number of benzene rings is 2. The predicted molar refractivity (Wildman–Crippen MR) is 136 cm³/mol. The smallest absolute Gasteiger partial charge is 0.338 e. The molecule has 0 radical (unpaired) electrons. The Morgan fingerprint density at radius 3 is 2.47 bits per heavy atom. The minimum Gasteiger partial charge on any atom is -0.462 e. The number of hydrogen-bond donors (Lipinski definition) is 0. The summed E-state index contributed by atoms with van der Waals surface area (Å²) >= 11 is 0. The summed E-state index contributed by atoms with van der Waals surface area (Å²) in [6, 6.07) is 17.0. The summed E-state index contributed by atoms with van der Waals surface area (Å²) in [7, 11) is 0. The third-order valence-electron chi connectivity index (χ3n) is 5.32. The highest BCUT2D eigenvalue weighted by molar-refractivity contribution is 6.32. The molecule has 0 N–H and O–H groups in total. The number of nitrogens with zero attached hydrogens (tertiary/aromatic N) is 2. The van der Waals surface area contributed by atoms with Crippen LogP contribution in [0.3, 0.4) is 0 Å². The van der Waals surface area contributed by atoms with Gasteiger partial charge in [-0.2, -0.15) is 10.1 Å². The van der Waals surface area contributed by atoms with E-state index in [1.54, 1.807) is 88.4 Å². The monoisotopic (exact) mass is 486 g/mol. The molecule has 0 saturated carbocycles. The van der Waals surface area contributed by atoms with Crippen LogP contribution in [0.2, 0.25) is 0 Å². The SMILES string of the molecule is CCOC(=O)c1cccc(-c2ccc(/C=C3\C(=O)N(c4ccc(C(=O)OC(C)C)cc4)N=C3C)o2)c1. The van der Waals surface area contributed by atoms with Gasteiger partial charge in [0.2, 0.25) is 0 Å². The van der Waals surface area contributed by atoms with E-state index in [2.05, 4.69) is 5.10 Å². The molecule has 1 amide bonds. The van der Waals surface area contributed by atoms with Gasteiger partial charge in [-0.15, -0.1) is 0 Å². The van der Waals surface area contributed by atoms with Crippen molar-refractivity contribution in [3.05, 3.63) is 83.1 Å². The van der Waals surface area contributed by atoms with E-state index >= 15 is 0 Å². The molecular formula is C28H26N2O6. The maximum atomic E-state index is 13.1. The Labute approximate surface area is 208 Å². The molecule has 1 aromatic heterocycles. The third-order valence-corrected chi connectivity index (χ3v) is 5.32. The zero-order valence-corrected chi connectivity index (χ0v) is 20.5. The van der Waals surface area contributed by atoms with Gasteiger partial charge in [0.05, 0.1) is 40.8 Å². The van der Waals surface area contributed by atoms with Gasteiger partial charge in [-0.1, -0.05) is 12.1 Å². The van der Waals surface area contributed by atoms with Crippen LogP contribution in [0.4, 0.5) is 5.69 Å². The average molecular weight is 487 g/mol. The molecule has 1 aliphatic rings. The molecule has 0 spiro atoms. The number of carbonyl (C=O) groups excluding carboxylic acids is 3. The van der Waals surface area contributed by atoms with Crippen LogP contribution in [0, 0.1) is 0 Å². The van der Waals surface area contributed by atoms with Crippen molar-refractivity contribution in [2.45, 2.75) is 33.8 Å². The Morgan fingerprint density at radius 2 is 1.78 bits per heavy atom. The number of anilines is 1. The summed E-state index contributed by atoms with van der Waals surface area (Å²) in [5.74, 6) is -0.119. The zero-order valence-electron chi connectivity index (χ0n) is 20.5. The summed E-state index contributed by atoms with van der Waals surface area (Å²) in [6.07, 6.45) is 1.41. The quantitative estimate of drug-likeness (QED) is 0.323. The fourth-order valence-corrected chi connectivity index (χ4v) is 3.62. The van der Waals surface area contributed by atoms with E-state index in [1.165, 1.54) is 5.01 Å². The van der Waals surface area contributed by atoms with E-state index in [9.17, 15) is 14.4 Å². The molecule has 3 aromatic rings. The summed E-state index contributed by atoms with van der Waals surface area (Å²) < 4.78 is 16.2. The minimum absolute atomic E-state index is 0.221. The van der Waals surface area contributed by atoms with Gasteiger partial charge in [0, 0.05) is 5.56 Å². The van der Waals surface area contributed by atoms with E-state index in [0.717, 1.165) is 0 Å². The molecule has 2 aromatic carbocycles. The molecule has 8 heteroatoms. The van der Waals surface area contributed by atoms with Crippen LogP contribution in [-0.4, -0.2) is 36.3 Å². The summed E-state index contributed by atoms with van der Waals surface area (Å²) in [5, 5.41) is 5.66. The zero-order chi connectivity index (χ0) is 25.8. The molecule has 36 heavy (non-hydrogen) atoms. The van der Waals surface area contributed by atoms with Crippen LogP contribution in [0.15, 0.2) is 75.8 Å². The Bertz CT molecular complexity index is 1360. The maximum absolute atomic E-state index is 13.1. The second kappa shape index (κ2) is 10.4. The van der Waals surface area contributed by atoms with Crippen molar-refractivity contribution in [2.24, 2.45) is 5.10 Å². The minimum atomic E-state index is -0.425. The Balaban J connectivity index is 1.52. The molecule has 184 valence electrons. The lowest BCUT2D eigenvalue weighted by Gasteiger charge is -2.13. The number of amides is 1. The standard InChI is InChI=1S/C28H26N2O6/c1-5-34-27(32)21-8-6-7-20(15-21)25-14-13-23(36-25)16-24-18(4)29-30(26(24)31)22-11-9-19(10-12-22)28(33)35-17(2)3/h6-17H,5H2,1-4H3/b24-16-. The average Bonchev–Trinajstić information content (AvgIpc) is 3.44. The first-order valence-electron chi connectivity index (χ1n) is 11.6. The van der Waals surface area contributed by atoms with E-state index < -0.39 is 11.9 Å². The number of rotatable bonds is 7. The molecule has 4 rings (SSSR count). The molecular weight excluding hydrogens is 460 g/mol. The Morgan fingerprint density at radius 1 is 1.03 bits per heavy atom. The highest BCUT2D eigenvalue weighted by Gasteiger charge is 2.29. The molecule has 0 saturated heterocycles. The van der Waals surface area contributed by atoms with Crippen molar-refractivity contribution in [3.8, 4) is 11.3 Å². The van der Waals surface area contributed by atoms with Crippen molar-refractivity contribution in [2.75, 3.05) is 11.6 Å². The summed E-state index contributed by atoms with van der Waals surface area (Å²) in [5.41, 5.74) is 2.99. The topological polar surface area (TPSA) is 98.4 Å². The predicted octanol–water partition coefficient (Wildman–Crippen LogP) is 5.49. The van der Waals surface area contributed by atoms with Crippen LogP contribution >= 0.6 is 0 Å². The molecule has 0 bridgehead atoms. The summed E-state index contributed by atoms with van der Waals surface area (Å²) in [6.45, 7) is 7.35. The molecule has 1 aliphatic heterocycles. The number of ether oxygens (including phenoxy) is 2. The lowest BCUT2D eigenvalue weighted by Crippen LogP contribution is -2.21. The van der Waals surface area contributed by atoms with Crippen molar-refractivity contribution in [3.63, 3.8) is 0 Å². The third kappa shape index (κ3) is 5.27. The van der Waals surface area contributed by atoms with E-state index in [-0.39, 0.29) is 12.0 Å². The molecule has 0 fully saturated rings. The lowest BCUT2D eigenvalue weighted by molar-refractivity contribution is -0.114. The first-order chi connectivity index (χ1) is 17.3. The highest BCUT2D eigenvalue weighted by atomic mass is 16.5. The summed E-state index contributed by atoms with van der Waals surface area (Å²) in [4.78, 5) is 37.2. The maximum Gasteiger partial charge on any atom is 0.338 e. The second-order valence-corrected chi connectivity index (χ2v) is 8.36. The van der Waals surface area contributed by atoms with Crippen LogP contribution < -0.4 is 5.01 Å².